The number of benzene rings is 1. The van der Waals surface area contributed by atoms with E-state index in [-0.39, 0.29) is 10.6 Å². The fraction of sp³-hybridized carbons (Fsp3) is 0. The first kappa shape index (κ1) is 17.1. The SMILES string of the molecule is O=Cc1c(Cl)ccc(Cl)c1Cl.O=Cc1cccc(Br)n1. The van der Waals surface area contributed by atoms with Crippen LogP contribution < -0.4 is 0 Å². The summed E-state index contributed by atoms with van der Waals surface area (Å²) in [4.78, 5) is 24.3. The minimum Gasteiger partial charge on any atom is -0.298 e. The highest BCUT2D eigenvalue weighted by atomic mass is 79.9. The van der Waals surface area contributed by atoms with Gasteiger partial charge in [-0.1, -0.05) is 40.9 Å². The van der Waals surface area contributed by atoms with Crippen LogP contribution in [0, 0.1) is 0 Å². The second-order valence-electron chi connectivity index (χ2n) is 3.38. The zero-order chi connectivity index (χ0) is 15.1. The van der Waals surface area contributed by atoms with Gasteiger partial charge in [0.25, 0.3) is 0 Å². The van der Waals surface area contributed by atoms with E-state index in [1.165, 1.54) is 6.07 Å². The van der Waals surface area contributed by atoms with Gasteiger partial charge >= 0.3 is 0 Å². The summed E-state index contributed by atoms with van der Waals surface area (Å²) in [6.45, 7) is 0. The molecular weight excluding hydrogens is 388 g/mol. The zero-order valence-corrected chi connectivity index (χ0v) is 13.7. The van der Waals surface area contributed by atoms with Crippen LogP contribution >= 0.6 is 50.7 Å². The third kappa shape index (κ3) is 4.87. The van der Waals surface area contributed by atoms with Crippen LogP contribution in [0.3, 0.4) is 0 Å². The predicted octanol–water partition coefficient (Wildman–Crippen LogP) is 5.12. The molecule has 0 N–H and O–H groups in total. The average Bonchev–Trinajstić information content (AvgIpc) is 2.44. The number of hydrogen-bond acceptors (Lipinski definition) is 3. The minimum atomic E-state index is 0.203. The molecule has 7 heteroatoms. The Morgan fingerprint density at radius 1 is 0.950 bits per heavy atom. The Hall–Kier alpha value is -0.940. The van der Waals surface area contributed by atoms with E-state index < -0.39 is 0 Å². The highest BCUT2D eigenvalue weighted by Crippen LogP contribution is 2.29. The molecule has 0 atom stereocenters. The molecule has 0 spiro atoms. The van der Waals surface area contributed by atoms with Crippen LogP contribution in [0.1, 0.15) is 20.8 Å². The Balaban J connectivity index is 0.000000204. The minimum absolute atomic E-state index is 0.203. The van der Waals surface area contributed by atoms with Crippen LogP contribution in [0.2, 0.25) is 15.1 Å². The van der Waals surface area contributed by atoms with Gasteiger partial charge in [0.2, 0.25) is 0 Å². The van der Waals surface area contributed by atoms with Crippen LogP contribution in [0.5, 0.6) is 0 Å². The number of aldehydes is 2. The molecule has 0 unspecified atom stereocenters. The van der Waals surface area contributed by atoms with Gasteiger partial charge in [-0.25, -0.2) is 4.98 Å². The molecule has 0 amide bonds. The van der Waals surface area contributed by atoms with E-state index in [0.717, 1.165) is 0 Å². The molecule has 0 radical (unpaired) electrons. The maximum absolute atomic E-state index is 10.4. The normalized spacial score (nSPS) is 9.40. The van der Waals surface area contributed by atoms with Crippen molar-refractivity contribution in [3.05, 3.63) is 61.3 Å². The summed E-state index contributed by atoms with van der Waals surface area (Å²) in [6, 6.07) is 8.25. The molecule has 20 heavy (non-hydrogen) atoms. The van der Waals surface area contributed by atoms with Crippen LogP contribution in [0.25, 0.3) is 0 Å². The number of hydrogen-bond donors (Lipinski definition) is 0. The Labute approximate surface area is 139 Å². The number of rotatable bonds is 2. The second kappa shape index (κ2) is 8.37. The molecule has 0 aliphatic carbocycles. The Kier molecular flexibility index (Phi) is 7.16. The van der Waals surface area contributed by atoms with Crippen molar-refractivity contribution in [2.45, 2.75) is 0 Å². The summed E-state index contributed by atoms with van der Waals surface area (Å²) >= 11 is 20.0. The van der Waals surface area contributed by atoms with Gasteiger partial charge < -0.3 is 0 Å². The molecule has 104 valence electrons. The van der Waals surface area contributed by atoms with Gasteiger partial charge in [0.1, 0.15) is 10.3 Å². The molecule has 0 saturated carbocycles. The van der Waals surface area contributed by atoms with Gasteiger partial charge in [0.05, 0.1) is 20.6 Å². The van der Waals surface area contributed by atoms with Crippen LogP contribution in [0.15, 0.2) is 34.9 Å². The monoisotopic (exact) mass is 393 g/mol. The molecule has 2 rings (SSSR count). The Bertz CT molecular complexity index is 635. The maximum Gasteiger partial charge on any atom is 0.168 e. The fourth-order valence-corrected chi connectivity index (χ4v) is 2.12. The van der Waals surface area contributed by atoms with Gasteiger partial charge in [-0.05, 0) is 40.2 Å². The predicted molar refractivity (Wildman–Crippen MR) is 84.2 cm³/mol. The number of pyridine rings is 1. The third-order valence-electron chi connectivity index (χ3n) is 2.05. The van der Waals surface area contributed by atoms with Crippen molar-refractivity contribution in [1.29, 1.82) is 0 Å². The molecule has 1 aromatic carbocycles. The lowest BCUT2D eigenvalue weighted by molar-refractivity contribution is 0.111. The fourth-order valence-electron chi connectivity index (χ4n) is 1.14. The van der Waals surface area contributed by atoms with E-state index >= 15 is 0 Å². The van der Waals surface area contributed by atoms with E-state index in [1.54, 1.807) is 24.3 Å². The highest BCUT2D eigenvalue weighted by molar-refractivity contribution is 9.10. The smallest absolute Gasteiger partial charge is 0.168 e. The Morgan fingerprint density at radius 2 is 1.60 bits per heavy atom. The van der Waals surface area contributed by atoms with Crippen molar-refractivity contribution in [2.75, 3.05) is 0 Å². The van der Waals surface area contributed by atoms with Crippen LogP contribution in [-0.4, -0.2) is 17.6 Å². The van der Waals surface area contributed by atoms with Crippen molar-refractivity contribution >= 4 is 63.3 Å². The zero-order valence-electron chi connectivity index (χ0n) is 9.82. The molecule has 1 aromatic heterocycles. The summed E-state index contributed by atoms with van der Waals surface area (Å²) in [5.41, 5.74) is 0.685. The molecule has 3 nitrogen and oxygen atoms in total. The number of carbonyl (C=O) groups is 2. The lowest BCUT2D eigenvalue weighted by atomic mass is 10.2. The van der Waals surface area contributed by atoms with Crippen molar-refractivity contribution in [3.63, 3.8) is 0 Å². The third-order valence-corrected chi connectivity index (χ3v) is 3.64. The number of carbonyl (C=O) groups excluding carboxylic acids is 2. The topological polar surface area (TPSA) is 47.0 Å². The van der Waals surface area contributed by atoms with E-state index in [4.69, 9.17) is 34.8 Å². The molecule has 1 heterocycles. The van der Waals surface area contributed by atoms with E-state index in [9.17, 15) is 9.59 Å². The lowest BCUT2D eigenvalue weighted by Crippen LogP contribution is -1.83. The summed E-state index contributed by atoms with van der Waals surface area (Å²) in [5.74, 6) is 0. The van der Waals surface area contributed by atoms with Crippen molar-refractivity contribution in [1.82, 2.24) is 4.98 Å². The largest absolute Gasteiger partial charge is 0.298 e. The van der Waals surface area contributed by atoms with Crippen molar-refractivity contribution in [2.24, 2.45) is 0 Å². The van der Waals surface area contributed by atoms with Crippen molar-refractivity contribution in [3.8, 4) is 0 Å². The van der Waals surface area contributed by atoms with Crippen molar-refractivity contribution < 1.29 is 9.59 Å². The van der Waals surface area contributed by atoms with E-state index in [1.807, 2.05) is 0 Å². The molecule has 2 aromatic rings. The van der Waals surface area contributed by atoms with Gasteiger partial charge in [-0.3, -0.25) is 9.59 Å². The van der Waals surface area contributed by atoms with Crippen LogP contribution in [0.4, 0.5) is 0 Å². The standard InChI is InChI=1S/C7H3Cl3O.C6H4BrNO/c8-5-1-2-6(9)7(10)4(5)3-11;7-6-3-1-2-5(4-9)8-6/h1-3H;1-4H. The lowest BCUT2D eigenvalue weighted by Gasteiger charge is -1.99. The molecular formula is C13H7BrCl3NO2. The first-order valence-electron chi connectivity index (χ1n) is 5.16. The number of nitrogens with zero attached hydrogens (tertiary/aromatic N) is 1. The first-order chi connectivity index (χ1) is 9.49. The van der Waals surface area contributed by atoms with Gasteiger partial charge in [-0.15, -0.1) is 0 Å². The van der Waals surface area contributed by atoms with Gasteiger partial charge in [0, 0.05) is 0 Å². The Morgan fingerprint density at radius 3 is 2.05 bits per heavy atom. The summed E-state index contributed by atoms with van der Waals surface area (Å²) in [6.07, 6.45) is 1.29. The van der Waals surface area contributed by atoms with E-state index in [0.29, 0.717) is 32.9 Å². The van der Waals surface area contributed by atoms with Gasteiger partial charge in [-0.2, -0.15) is 0 Å². The summed E-state index contributed by atoms with van der Waals surface area (Å²) < 4.78 is 0.687. The molecule has 0 bridgehead atoms. The first-order valence-corrected chi connectivity index (χ1v) is 7.08. The molecule has 0 aliphatic heterocycles. The maximum atomic E-state index is 10.4. The average molecular weight is 395 g/mol. The highest BCUT2D eigenvalue weighted by Gasteiger charge is 2.07. The van der Waals surface area contributed by atoms with E-state index in [2.05, 4.69) is 20.9 Å². The number of aromatic nitrogens is 1. The quantitative estimate of drug-likeness (QED) is 0.403. The van der Waals surface area contributed by atoms with Crippen LogP contribution in [-0.2, 0) is 0 Å². The number of halogens is 4. The summed E-state index contributed by atoms with van der Waals surface area (Å²) in [5, 5.41) is 0.849. The molecule has 0 saturated heterocycles. The summed E-state index contributed by atoms with van der Waals surface area (Å²) in [7, 11) is 0. The molecule has 0 aliphatic rings. The van der Waals surface area contributed by atoms with Gasteiger partial charge in [0.15, 0.2) is 12.6 Å². The molecule has 0 fully saturated rings. The second-order valence-corrected chi connectivity index (χ2v) is 5.38.